The fourth-order valence-electron chi connectivity index (χ4n) is 3.48. The molecule has 0 atom stereocenters. The van der Waals surface area contributed by atoms with Crippen molar-refractivity contribution in [3.05, 3.63) is 77.5 Å². The zero-order valence-corrected chi connectivity index (χ0v) is 25.2. The van der Waals surface area contributed by atoms with E-state index in [2.05, 4.69) is 22.0 Å². The van der Waals surface area contributed by atoms with Crippen molar-refractivity contribution < 1.29 is 23.5 Å². The summed E-state index contributed by atoms with van der Waals surface area (Å²) in [6.07, 6.45) is 4.16. The van der Waals surface area contributed by atoms with Gasteiger partial charge in [0, 0.05) is 37.0 Å². The number of aromatic nitrogens is 1. The number of rotatable bonds is 12. The number of pyridine rings is 1. The number of hydrogen-bond acceptors (Lipinski definition) is 7. The van der Waals surface area contributed by atoms with Crippen LogP contribution >= 0.6 is 0 Å². The molecule has 0 saturated carbocycles. The molecular formula is C30H41FN6O4. The molecule has 0 aliphatic carbocycles. The van der Waals surface area contributed by atoms with Crippen LogP contribution in [0.2, 0.25) is 0 Å². The Balaban J connectivity index is 2.33. The number of likely N-dealkylation sites (N-methyl/N-ethyl adjacent to an activating group) is 1. The van der Waals surface area contributed by atoms with Gasteiger partial charge < -0.3 is 14.4 Å². The first-order chi connectivity index (χ1) is 19.2. The van der Waals surface area contributed by atoms with Gasteiger partial charge in [0.15, 0.2) is 11.6 Å². The average molecular weight is 569 g/mol. The van der Waals surface area contributed by atoms with Crippen LogP contribution in [0.3, 0.4) is 0 Å². The van der Waals surface area contributed by atoms with Gasteiger partial charge >= 0.3 is 6.09 Å². The predicted octanol–water partition coefficient (Wildman–Crippen LogP) is 5.20. The van der Waals surface area contributed by atoms with Crippen LogP contribution in [0.15, 0.2) is 59.9 Å². The third-order valence-electron chi connectivity index (χ3n) is 5.41. The van der Waals surface area contributed by atoms with E-state index in [9.17, 15) is 9.59 Å². The predicted molar refractivity (Wildman–Crippen MR) is 158 cm³/mol. The molecule has 0 aliphatic heterocycles. The van der Waals surface area contributed by atoms with E-state index in [1.807, 2.05) is 38.9 Å². The summed E-state index contributed by atoms with van der Waals surface area (Å²) in [5.74, 6) is -0.787. The zero-order valence-electron chi connectivity index (χ0n) is 25.2. The van der Waals surface area contributed by atoms with Crippen LogP contribution in [0.1, 0.15) is 44.5 Å². The van der Waals surface area contributed by atoms with Crippen molar-refractivity contribution in [1.29, 1.82) is 0 Å². The first kappa shape index (κ1) is 33.0. The number of amides is 2. The van der Waals surface area contributed by atoms with Gasteiger partial charge in [0.25, 0.3) is 5.91 Å². The summed E-state index contributed by atoms with van der Waals surface area (Å²) >= 11 is 0. The highest BCUT2D eigenvalue weighted by Crippen LogP contribution is 2.30. The van der Waals surface area contributed by atoms with Crippen LogP contribution in [-0.4, -0.2) is 71.4 Å². The second kappa shape index (κ2) is 14.9. The van der Waals surface area contributed by atoms with Gasteiger partial charge in [-0.25, -0.2) is 19.2 Å². The number of ether oxygens (including phenoxy) is 2. The number of hydrogen-bond donors (Lipinski definition) is 1. The lowest BCUT2D eigenvalue weighted by molar-refractivity contribution is -0.119. The molecule has 1 N–H and O–H groups in total. The highest BCUT2D eigenvalue weighted by atomic mass is 19.1. The Kier molecular flexibility index (Phi) is 12.0. The molecular weight excluding hydrogens is 527 g/mol. The van der Waals surface area contributed by atoms with E-state index in [0.29, 0.717) is 18.5 Å². The molecule has 222 valence electrons. The highest BCUT2D eigenvalue weighted by molar-refractivity contribution is 5.88. The average Bonchev–Trinajstić information content (AvgIpc) is 2.86. The van der Waals surface area contributed by atoms with Gasteiger partial charge in [-0.1, -0.05) is 31.7 Å². The number of hydrazine groups is 1. The molecule has 0 bridgehead atoms. The van der Waals surface area contributed by atoms with Crippen LogP contribution in [0.5, 0.6) is 11.6 Å². The summed E-state index contributed by atoms with van der Waals surface area (Å²) in [4.78, 5) is 36.9. The summed E-state index contributed by atoms with van der Waals surface area (Å²) in [6.45, 7) is 13.2. The summed E-state index contributed by atoms with van der Waals surface area (Å²) in [5.41, 5.74) is 3.41. The van der Waals surface area contributed by atoms with Crippen molar-refractivity contribution in [1.82, 2.24) is 25.2 Å². The van der Waals surface area contributed by atoms with Crippen LogP contribution in [0, 0.1) is 12.7 Å². The molecule has 0 radical (unpaired) electrons. The van der Waals surface area contributed by atoms with E-state index >= 15 is 4.39 Å². The minimum atomic E-state index is -0.823. The number of benzene rings is 1. The zero-order chi connectivity index (χ0) is 30.7. The molecule has 2 aromatic rings. The van der Waals surface area contributed by atoms with Gasteiger partial charge in [-0.05, 0) is 65.9 Å². The van der Waals surface area contributed by atoms with Gasteiger partial charge in [0.1, 0.15) is 17.8 Å². The highest BCUT2D eigenvalue weighted by Gasteiger charge is 2.27. The van der Waals surface area contributed by atoms with Crippen LogP contribution in [0.25, 0.3) is 0 Å². The van der Waals surface area contributed by atoms with E-state index in [1.54, 1.807) is 52.1 Å². The molecule has 2 rings (SSSR count). The molecule has 0 spiro atoms. The summed E-state index contributed by atoms with van der Waals surface area (Å²) in [7, 11) is 5.35. The monoisotopic (exact) mass is 568 g/mol. The maximum absolute atomic E-state index is 15.9. The minimum absolute atomic E-state index is 0.0170. The number of aryl methyl sites for hydroxylation is 2. The molecule has 0 fully saturated rings. The van der Waals surface area contributed by atoms with E-state index in [-0.39, 0.29) is 35.5 Å². The third-order valence-corrected chi connectivity index (χ3v) is 5.41. The molecule has 1 aromatic carbocycles. The van der Waals surface area contributed by atoms with Crippen LogP contribution in [-0.2, 0) is 22.5 Å². The van der Waals surface area contributed by atoms with Crippen molar-refractivity contribution in [3.63, 3.8) is 0 Å². The number of carbonyl (C=O) groups is 2. The number of nitrogens with zero attached hydrogens (tertiary/aromatic N) is 5. The normalized spacial score (nSPS) is 11.7. The molecule has 0 saturated heterocycles. The Hall–Kier alpha value is -4.25. The lowest BCUT2D eigenvalue weighted by atomic mass is 10.0. The van der Waals surface area contributed by atoms with Crippen LogP contribution in [0.4, 0.5) is 9.18 Å². The maximum atomic E-state index is 15.9. The fraction of sp³-hybridized carbons (Fsp3) is 0.400. The first-order valence-electron chi connectivity index (χ1n) is 13.2. The molecule has 10 nitrogen and oxygen atoms in total. The second-order valence-corrected chi connectivity index (χ2v) is 10.6. The standard InChI is InChI=1S/C30H41FN6O4/c1-10-23-16-17-25(40-27-15-11-13-21(2)33-27)28(31)24(23)19-37(29(39)41-30(4,5)6)22(3)32-20-36(9)34-26(38)14-12-18-35(7)8/h11-17,20H,3,10,18-19H2,1-2,4-9H3,(H,34,38)/b14-12+,32-20-. The van der Waals surface area contributed by atoms with E-state index in [4.69, 9.17) is 9.47 Å². The Labute approximate surface area is 242 Å². The van der Waals surface area contributed by atoms with E-state index in [1.165, 1.54) is 23.5 Å². The molecule has 0 unspecified atom stereocenters. The Morgan fingerprint density at radius 2 is 1.88 bits per heavy atom. The number of carbonyl (C=O) groups excluding carboxylic acids is 2. The summed E-state index contributed by atoms with van der Waals surface area (Å²) in [5, 5.41) is 1.32. The van der Waals surface area contributed by atoms with Gasteiger partial charge in [0.05, 0.1) is 6.54 Å². The van der Waals surface area contributed by atoms with Crippen molar-refractivity contribution >= 4 is 18.3 Å². The van der Waals surface area contributed by atoms with Gasteiger partial charge in [-0.2, -0.15) is 0 Å². The molecule has 1 aromatic heterocycles. The van der Waals surface area contributed by atoms with E-state index < -0.39 is 17.5 Å². The Morgan fingerprint density at radius 3 is 2.49 bits per heavy atom. The van der Waals surface area contributed by atoms with Gasteiger partial charge in [0.2, 0.25) is 5.88 Å². The van der Waals surface area contributed by atoms with Gasteiger partial charge in [-0.3, -0.25) is 20.1 Å². The van der Waals surface area contributed by atoms with E-state index in [0.717, 1.165) is 10.6 Å². The van der Waals surface area contributed by atoms with Crippen LogP contribution < -0.4 is 10.2 Å². The van der Waals surface area contributed by atoms with Crippen molar-refractivity contribution in [2.45, 2.75) is 53.2 Å². The quantitative estimate of drug-likeness (QED) is 0.163. The lowest BCUT2D eigenvalue weighted by Gasteiger charge is -2.28. The van der Waals surface area contributed by atoms with Gasteiger partial charge in [-0.15, -0.1) is 0 Å². The Bertz CT molecular complexity index is 1290. The van der Waals surface area contributed by atoms with Crippen molar-refractivity contribution in [2.75, 3.05) is 27.7 Å². The number of halogens is 1. The number of nitrogens with one attached hydrogen (secondary N) is 1. The number of aliphatic imine (C=N–C) groups is 1. The molecule has 2 amide bonds. The summed E-state index contributed by atoms with van der Waals surface area (Å²) < 4.78 is 27.2. The molecule has 1 heterocycles. The first-order valence-corrected chi connectivity index (χ1v) is 13.2. The smallest absolute Gasteiger partial charge is 0.416 e. The molecule has 11 heteroatoms. The Morgan fingerprint density at radius 1 is 1.17 bits per heavy atom. The SMILES string of the molecule is C=C(/N=C\N(C)NC(=O)/C=C/CN(C)C)N(Cc1c(CC)ccc(Oc2cccc(C)n2)c1F)C(=O)OC(C)(C)C. The molecule has 41 heavy (non-hydrogen) atoms. The topological polar surface area (TPSA) is 99.6 Å². The van der Waals surface area contributed by atoms with Crippen molar-refractivity contribution in [2.24, 2.45) is 4.99 Å². The second-order valence-electron chi connectivity index (χ2n) is 10.6. The largest absolute Gasteiger partial charge is 0.443 e. The lowest BCUT2D eigenvalue weighted by Crippen LogP contribution is -2.38. The van der Waals surface area contributed by atoms with Crippen molar-refractivity contribution in [3.8, 4) is 11.6 Å². The maximum Gasteiger partial charge on any atom is 0.416 e. The fourth-order valence-corrected chi connectivity index (χ4v) is 3.48. The third kappa shape index (κ3) is 11.0. The molecule has 0 aliphatic rings. The summed E-state index contributed by atoms with van der Waals surface area (Å²) in [6, 6.07) is 8.50. The minimum Gasteiger partial charge on any atom is -0.443 e.